The van der Waals surface area contributed by atoms with Gasteiger partial charge in [-0.25, -0.2) is 13.1 Å². The van der Waals surface area contributed by atoms with E-state index in [4.69, 9.17) is 17.3 Å². The van der Waals surface area contributed by atoms with Crippen LogP contribution in [0.3, 0.4) is 0 Å². The summed E-state index contributed by atoms with van der Waals surface area (Å²) in [5.41, 5.74) is 6.52. The Balaban J connectivity index is 2.98. The second-order valence-electron chi connectivity index (χ2n) is 5.21. The van der Waals surface area contributed by atoms with Crippen LogP contribution in [0.5, 0.6) is 0 Å². The lowest BCUT2D eigenvalue weighted by Gasteiger charge is -2.17. The van der Waals surface area contributed by atoms with Gasteiger partial charge >= 0.3 is 0 Å². The Morgan fingerprint density at radius 3 is 2.42 bits per heavy atom. The van der Waals surface area contributed by atoms with Gasteiger partial charge in [0, 0.05) is 6.54 Å². The van der Waals surface area contributed by atoms with Crippen molar-refractivity contribution >= 4 is 27.3 Å². The monoisotopic (exact) mass is 304 g/mol. The molecule has 4 nitrogen and oxygen atoms in total. The Labute approximate surface area is 120 Å². The van der Waals surface area contributed by atoms with E-state index in [1.807, 2.05) is 6.92 Å². The molecule has 0 aliphatic heterocycles. The summed E-state index contributed by atoms with van der Waals surface area (Å²) in [6.07, 6.45) is 0. The van der Waals surface area contributed by atoms with Crippen molar-refractivity contribution in [2.45, 2.75) is 32.6 Å². The molecule has 1 atom stereocenters. The van der Waals surface area contributed by atoms with Crippen LogP contribution >= 0.6 is 11.6 Å². The molecule has 0 aliphatic carbocycles. The van der Waals surface area contributed by atoms with Gasteiger partial charge in [-0.3, -0.25) is 0 Å². The van der Waals surface area contributed by atoms with Crippen molar-refractivity contribution in [1.82, 2.24) is 4.72 Å². The molecule has 3 N–H and O–H groups in total. The van der Waals surface area contributed by atoms with Crippen molar-refractivity contribution < 1.29 is 8.42 Å². The molecule has 1 aromatic rings. The summed E-state index contributed by atoms with van der Waals surface area (Å²) in [7, 11) is -3.55. The van der Waals surface area contributed by atoms with Crippen molar-refractivity contribution in [3.05, 3.63) is 22.7 Å². The zero-order valence-corrected chi connectivity index (χ0v) is 13.3. The molecule has 108 valence electrons. The smallest absolute Gasteiger partial charge is 0.240 e. The number of rotatable bonds is 5. The Kier molecular flexibility index (Phi) is 5.24. The summed E-state index contributed by atoms with van der Waals surface area (Å²) in [6, 6.07) is 2.97. The minimum absolute atomic E-state index is 0.186. The molecule has 1 aromatic carbocycles. The molecule has 0 spiro atoms. The fourth-order valence-corrected chi connectivity index (χ4v) is 3.13. The quantitative estimate of drug-likeness (QED) is 0.822. The van der Waals surface area contributed by atoms with Gasteiger partial charge in [-0.15, -0.1) is 0 Å². The average molecular weight is 305 g/mol. The van der Waals surface area contributed by atoms with E-state index < -0.39 is 10.0 Å². The SMILES string of the molecule is Cc1cc(Cl)c(N)cc1S(=O)(=O)NCC(C)C(C)C. The highest BCUT2D eigenvalue weighted by Gasteiger charge is 2.19. The number of nitrogens with two attached hydrogens (primary N) is 1. The first kappa shape index (κ1) is 16.3. The van der Waals surface area contributed by atoms with E-state index in [2.05, 4.69) is 18.6 Å². The molecule has 0 bridgehead atoms. The molecule has 1 rings (SSSR count). The first-order valence-electron chi connectivity index (χ1n) is 6.20. The van der Waals surface area contributed by atoms with E-state index >= 15 is 0 Å². The molecule has 0 aromatic heterocycles. The maximum absolute atomic E-state index is 12.2. The molecule has 0 fully saturated rings. The standard InChI is InChI=1S/C13H21ClN2O2S/c1-8(2)10(4)7-16-19(17,18)13-6-12(15)11(14)5-9(13)3/h5-6,8,10,16H,7,15H2,1-4H3. The van der Waals surface area contributed by atoms with Crippen molar-refractivity contribution in [3.8, 4) is 0 Å². The van der Waals surface area contributed by atoms with Crippen molar-refractivity contribution in [3.63, 3.8) is 0 Å². The lowest BCUT2D eigenvalue weighted by Crippen LogP contribution is -2.30. The molecule has 0 saturated heterocycles. The van der Waals surface area contributed by atoms with Crippen molar-refractivity contribution in [2.75, 3.05) is 12.3 Å². The largest absolute Gasteiger partial charge is 0.397 e. The van der Waals surface area contributed by atoms with Gasteiger partial charge in [-0.2, -0.15) is 0 Å². The van der Waals surface area contributed by atoms with Gasteiger partial charge in [-0.05, 0) is 36.5 Å². The number of aryl methyl sites for hydroxylation is 1. The molecular formula is C13H21ClN2O2S. The number of nitrogens with one attached hydrogen (secondary N) is 1. The molecule has 0 radical (unpaired) electrons. The van der Waals surface area contributed by atoms with Gasteiger partial charge in [-0.1, -0.05) is 32.4 Å². The second-order valence-corrected chi connectivity index (χ2v) is 7.35. The van der Waals surface area contributed by atoms with Crippen LogP contribution in [0.4, 0.5) is 5.69 Å². The fraction of sp³-hybridized carbons (Fsp3) is 0.538. The zero-order valence-electron chi connectivity index (χ0n) is 11.7. The Morgan fingerprint density at radius 1 is 1.32 bits per heavy atom. The van der Waals surface area contributed by atoms with Crippen LogP contribution in [0.1, 0.15) is 26.3 Å². The van der Waals surface area contributed by atoms with Crippen LogP contribution in [0.2, 0.25) is 5.02 Å². The van der Waals surface area contributed by atoms with E-state index in [1.165, 1.54) is 6.07 Å². The molecule has 6 heteroatoms. The second kappa shape index (κ2) is 6.11. The van der Waals surface area contributed by atoms with Crippen LogP contribution in [0.15, 0.2) is 17.0 Å². The van der Waals surface area contributed by atoms with Gasteiger partial charge in [0.25, 0.3) is 0 Å². The highest BCUT2D eigenvalue weighted by Crippen LogP contribution is 2.26. The lowest BCUT2D eigenvalue weighted by atomic mass is 9.99. The number of nitrogen functional groups attached to an aromatic ring is 1. The predicted molar refractivity (Wildman–Crippen MR) is 79.8 cm³/mol. The summed E-state index contributed by atoms with van der Waals surface area (Å²) in [5, 5.41) is 0.368. The van der Waals surface area contributed by atoms with Crippen LogP contribution in [0.25, 0.3) is 0 Å². The van der Waals surface area contributed by atoms with Crippen LogP contribution < -0.4 is 10.5 Å². The number of hydrogen-bond donors (Lipinski definition) is 2. The maximum atomic E-state index is 12.2. The van der Waals surface area contributed by atoms with E-state index in [0.29, 0.717) is 23.0 Å². The molecular weight excluding hydrogens is 284 g/mol. The van der Waals surface area contributed by atoms with E-state index in [0.717, 1.165) is 0 Å². The average Bonchev–Trinajstić information content (AvgIpc) is 2.30. The molecule has 0 aliphatic rings. The number of halogens is 1. The van der Waals surface area contributed by atoms with E-state index in [-0.39, 0.29) is 16.5 Å². The zero-order chi connectivity index (χ0) is 14.8. The third-order valence-electron chi connectivity index (χ3n) is 3.32. The Morgan fingerprint density at radius 2 is 1.89 bits per heavy atom. The summed E-state index contributed by atoms with van der Waals surface area (Å²) >= 11 is 5.86. The van der Waals surface area contributed by atoms with Crippen LogP contribution in [-0.4, -0.2) is 15.0 Å². The van der Waals surface area contributed by atoms with Crippen LogP contribution in [0, 0.1) is 18.8 Å². The molecule has 1 unspecified atom stereocenters. The van der Waals surface area contributed by atoms with E-state index in [9.17, 15) is 8.42 Å². The number of hydrogen-bond acceptors (Lipinski definition) is 3. The van der Waals surface area contributed by atoms with Gasteiger partial charge in [0.05, 0.1) is 15.6 Å². The third kappa shape index (κ3) is 4.09. The first-order chi connectivity index (χ1) is 8.65. The van der Waals surface area contributed by atoms with Gasteiger partial charge in [0.15, 0.2) is 0 Å². The Bertz CT molecular complexity index is 556. The molecule has 0 saturated carbocycles. The fourth-order valence-electron chi connectivity index (χ4n) is 1.51. The highest BCUT2D eigenvalue weighted by atomic mass is 35.5. The molecule has 19 heavy (non-hydrogen) atoms. The predicted octanol–water partition coefficient (Wildman–Crippen LogP) is 2.80. The minimum atomic E-state index is -3.55. The first-order valence-corrected chi connectivity index (χ1v) is 8.06. The van der Waals surface area contributed by atoms with Gasteiger partial charge in [0.2, 0.25) is 10.0 Å². The Hall–Kier alpha value is -0.780. The normalized spacial score (nSPS) is 13.8. The third-order valence-corrected chi connectivity index (χ3v) is 5.21. The van der Waals surface area contributed by atoms with Gasteiger partial charge in [0.1, 0.15) is 0 Å². The highest BCUT2D eigenvalue weighted by molar-refractivity contribution is 7.89. The number of benzene rings is 1. The van der Waals surface area contributed by atoms with Crippen molar-refractivity contribution in [2.24, 2.45) is 11.8 Å². The van der Waals surface area contributed by atoms with Gasteiger partial charge < -0.3 is 5.73 Å². The maximum Gasteiger partial charge on any atom is 0.240 e. The summed E-state index contributed by atoms with van der Waals surface area (Å²) in [6.45, 7) is 8.24. The minimum Gasteiger partial charge on any atom is -0.397 e. The summed E-state index contributed by atoms with van der Waals surface area (Å²) in [4.78, 5) is 0.186. The lowest BCUT2D eigenvalue weighted by molar-refractivity contribution is 0.414. The summed E-state index contributed by atoms with van der Waals surface area (Å²) < 4.78 is 27.1. The topological polar surface area (TPSA) is 72.2 Å². The number of sulfonamides is 1. The van der Waals surface area contributed by atoms with Crippen LogP contribution in [-0.2, 0) is 10.0 Å². The molecule has 0 heterocycles. The molecule has 0 amide bonds. The van der Waals surface area contributed by atoms with Crippen molar-refractivity contribution in [1.29, 1.82) is 0 Å². The van der Waals surface area contributed by atoms with E-state index in [1.54, 1.807) is 13.0 Å². The summed E-state index contributed by atoms with van der Waals surface area (Å²) in [5.74, 6) is 0.679. The number of anilines is 1.